The van der Waals surface area contributed by atoms with Crippen LogP contribution in [-0.4, -0.2) is 29.0 Å². The number of para-hydroxylation sites is 2. The van der Waals surface area contributed by atoms with E-state index in [0.717, 1.165) is 49.2 Å². The van der Waals surface area contributed by atoms with E-state index in [1.807, 2.05) is 41.3 Å². The summed E-state index contributed by atoms with van der Waals surface area (Å²) in [5, 5.41) is 4.67. The number of aromatic nitrogens is 2. The Morgan fingerprint density at radius 2 is 1.93 bits per heavy atom. The van der Waals surface area contributed by atoms with Crippen LogP contribution in [0.15, 0.2) is 73.1 Å². The van der Waals surface area contributed by atoms with Crippen molar-refractivity contribution in [2.45, 2.75) is 19.3 Å². The van der Waals surface area contributed by atoms with Crippen molar-refractivity contribution in [3.05, 3.63) is 89.9 Å². The van der Waals surface area contributed by atoms with Crippen LogP contribution in [0, 0.1) is 0 Å². The molecule has 0 unspecified atom stereocenters. The number of carbonyl (C=O) groups excluding carboxylic acids is 1. The van der Waals surface area contributed by atoms with E-state index in [2.05, 4.69) is 45.7 Å². The first-order valence-electron chi connectivity index (χ1n) is 10.4. The van der Waals surface area contributed by atoms with E-state index in [4.69, 9.17) is 0 Å². The smallest absolute Gasteiger partial charge is 0.276 e. The Kier molecular flexibility index (Phi) is 4.93. The van der Waals surface area contributed by atoms with Gasteiger partial charge in [0.25, 0.3) is 5.91 Å². The fourth-order valence-electron chi connectivity index (χ4n) is 4.19. The maximum absolute atomic E-state index is 13.0. The van der Waals surface area contributed by atoms with Gasteiger partial charge in [0.2, 0.25) is 0 Å². The van der Waals surface area contributed by atoms with Crippen molar-refractivity contribution in [2.75, 3.05) is 23.3 Å². The molecule has 0 saturated heterocycles. The van der Waals surface area contributed by atoms with Crippen LogP contribution in [0.4, 0.5) is 11.4 Å². The Bertz CT molecular complexity index is 1180. The van der Waals surface area contributed by atoms with E-state index >= 15 is 0 Å². The number of pyridine rings is 1. The van der Waals surface area contributed by atoms with Crippen LogP contribution in [0.25, 0.3) is 10.9 Å². The van der Waals surface area contributed by atoms with Gasteiger partial charge in [-0.05, 0) is 54.7 Å². The second-order valence-corrected chi connectivity index (χ2v) is 7.66. The Morgan fingerprint density at radius 3 is 2.83 bits per heavy atom. The van der Waals surface area contributed by atoms with E-state index in [1.54, 1.807) is 6.20 Å². The maximum atomic E-state index is 13.0. The van der Waals surface area contributed by atoms with Gasteiger partial charge < -0.3 is 15.2 Å². The van der Waals surface area contributed by atoms with Gasteiger partial charge in [-0.1, -0.05) is 36.4 Å². The number of hydrogen-bond donors (Lipinski definition) is 2. The third-order valence-electron chi connectivity index (χ3n) is 5.74. The van der Waals surface area contributed by atoms with Gasteiger partial charge in [-0.15, -0.1) is 0 Å². The molecular formula is C25H24N4O. The number of amides is 1. The van der Waals surface area contributed by atoms with E-state index < -0.39 is 0 Å². The largest absolute Gasteiger partial charge is 0.383 e. The van der Waals surface area contributed by atoms with Gasteiger partial charge in [-0.3, -0.25) is 4.79 Å². The third kappa shape index (κ3) is 3.54. The quantitative estimate of drug-likeness (QED) is 0.509. The molecule has 4 aromatic rings. The van der Waals surface area contributed by atoms with Crippen molar-refractivity contribution >= 4 is 28.2 Å². The molecule has 0 atom stereocenters. The lowest BCUT2D eigenvalue weighted by atomic mass is 10.0. The zero-order valence-corrected chi connectivity index (χ0v) is 16.8. The lowest BCUT2D eigenvalue weighted by Gasteiger charge is -2.29. The molecule has 0 spiro atoms. The molecule has 1 aliphatic rings. The highest BCUT2D eigenvalue weighted by Gasteiger charge is 2.23. The molecule has 0 saturated carbocycles. The minimum Gasteiger partial charge on any atom is -0.383 e. The molecule has 2 aromatic heterocycles. The number of benzene rings is 2. The van der Waals surface area contributed by atoms with Crippen molar-refractivity contribution in [1.82, 2.24) is 9.97 Å². The van der Waals surface area contributed by atoms with Crippen molar-refractivity contribution in [3.8, 4) is 0 Å². The number of aryl methyl sites for hydroxylation is 1. The van der Waals surface area contributed by atoms with Crippen molar-refractivity contribution < 1.29 is 4.79 Å². The Balaban J connectivity index is 1.23. The summed E-state index contributed by atoms with van der Waals surface area (Å²) in [6, 6.07) is 20.2. The molecule has 150 valence electrons. The number of nitrogens with one attached hydrogen (secondary N) is 2. The molecule has 5 rings (SSSR count). The number of hydrogen-bond acceptors (Lipinski definition) is 3. The van der Waals surface area contributed by atoms with Gasteiger partial charge >= 0.3 is 0 Å². The van der Waals surface area contributed by atoms with Gasteiger partial charge in [-0.2, -0.15) is 0 Å². The van der Waals surface area contributed by atoms with Crippen molar-refractivity contribution in [2.24, 2.45) is 0 Å². The number of carbonyl (C=O) groups is 1. The fraction of sp³-hybridized carbons (Fsp3) is 0.200. The fourth-order valence-corrected chi connectivity index (χ4v) is 4.19. The summed E-state index contributed by atoms with van der Waals surface area (Å²) in [4.78, 5) is 22.6. The summed E-state index contributed by atoms with van der Waals surface area (Å²) >= 11 is 0. The van der Waals surface area contributed by atoms with Gasteiger partial charge in [0.05, 0.1) is 11.9 Å². The molecule has 1 amide bonds. The summed E-state index contributed by atoms with van der Waals surface area (Å²) < 4.78 is 0. The molecular weight excluding hydrogens is 372 g/mol. The number of nitrogens with zero attached hydrogens (tertiary/aromatic N) is 2. The average molecular weight is 396 g/mol. The summed E-state index contributed by atoms with van der Waals surface area (Å²) in [7, 11) is 0. The molecule has 0 bridgehead atoms. The third-order valence-corrected chi connectivity index (χ3v) is 5.74. The first-order valence-corrected chi connectivity index (χ1v) is 10.4. The second-order valence-electron chi connectivity index (χ2n) is 7.66. The number of fused-ring (bicyclic) bond motifs is 2. The monoisotopic (exact) mass is 396 g/mol. The number of aromatic amines is 1. The molecule has 30 heavy (non-hydrogen) atoms. The van der Waals surface area contributed by atoms with Crippen LogP contribution in [0.5, 0.6) is 0 Å². The van der Waals surface area contributed by atoms with Crippen LogP contribution in [-0.2, 0) is 12.8 Å². The topological polar surface area (TPSA) is 61.0 Å². The summed E-state index contributed by atoms with van der Waals surface area (Å²) in [5.41, 5.74) is 6.10. The van der Waals surface area contributed by atoms with Crippen LogP contribution in [0.2, 0.25) is 0 Å². The average Bonchev–Trinajstić information content (AvgIpc) is 3.22. The lowest BCUT2D eigenvalue weighted by Crippen LogP contribution is -2.35. The molecule has 0 aliphatic carbocycles. The number of H-pyrrole nitrogens is 1. The van der Waals surface area contributed by atoms with E-state index in [1.165, 1.54) is 16.5 Å². The first-order chi connectivity index (χ1) is 14.8. The maximum Gasteiger partial charge on any atom is 0.276 e. The molecule has 0 radical (unpaired) electrons. The minimum atomic E-state index is -0.0347. The highest BCUT2D eigenvalue weighted by molar-refractivity contribution is 6.05. The van der Waals surface area contributed by atoms with E-state index in [9.17, 15) is 4.79 Å². The zero-order valence-electron chi connectivity index (χ0n) is 16.8. The molecule has 5 heteroatoms. The Hall–Kier alpha value is -3.60. The highest BCUT2D eigenvalue weighted by atomic mass is 16.2. The van der Waals surface area contributed by atoms with Crippen LogP contribution in [0.3, 0.4) is 0 Å². The summed E-state index contributed by atoms with van der Waals surface area (Å²) in [6.45, 7) is 1.54. The number of anilines is 2. The normalized spacial score (nSPS) is 13.3. The van der Waals surface area contributed by atoms with Gasteiger partial charge in [0.15, 0.2) is 0 Å². The second kappa shape index (κ2) is 8.03. The first kappa shape index (κ1) is 18.4. The SMILES string of the molecule is O=C(c1ccc(NCCc2c[nH]c3ccccc23)cn1)N1CCCc2ccccc21. The molecule has 1 aliphatic heterocycles. The Labute approximate surface area is 175 Å². The van der Waals surface area contributed by atoms with Gasteiger partial charge in [-0.25, -0.2) is 4.98 Å². The minimum absolute atomic E-state index is 0.0347. The van der Waals surface area contributed by atoms with Crippen LogP contribution < -0.4 is 10.2 Å². The van der Waals surface area contributed by atoms with E-state index in [-0.39, 0.29) is 5.91 Å². The van der Waals surface area contributed by atoms with Gasteiger partial charge in [0.1, 0.15) is 5.69 Å². The summed E-state index contributed by atoms with van der Waals surface area (Å²) in [5.74, 6) is -0.0347. The van der Waals surface area contributed by atoms with Crippen molar-refractivity contribution in [1.29, 1.82) is 0 Å². The summed E-state index contributed by atoms with van der Waals surface area (Å²) in [6.07, 6.45) is 6.74. The van der Waals surface area contributed by atoms with E-state index in [0.29, 0.717) is 5.69 Å². The molecule has 0 fully saturated rings. The van der Waals surface area contributed by atoms with Crippen LogP contribution in [0.1, 0.15) is 28.0 Å². The predicted octanol–water partition coefficient (Wildman–Crippen LogP) is 4.81. The highest BCUT2D eigenvalue weighted by Crippen LogP contribution is 2.28. The molecule has 3 heterocycles. The van der Waals surface area contributed by atoms with Gasteiger partial charge in [0, 0.05) is 35.9 Å². The van der Waals surface area contributed by atoms with Crippen LogP contribution >= 0.6 is 0 Å². The zero-order chi connectivity index (χ0) is 20.3. The molecule has 5 nitrogen and oxygen atoms in total. The predicted molar refractivity (Wildman–Crippen MR) is 121 cm³/mol. The molecule has 2 N–H and O–H groups in total. The number of rotatable bonds is 5. The molecule has 2 aromatic carbocycles. The lowest BCUT2D eigenvalue weighted by molar-refractivity contribution is 0.0980. The standard InChI is InChI=1S/C25H24N4O/c30-25(29-15-5-7-18-6-1-4-10-24(18)29)23-12-11-20(17-28-23)26-14-13-19-16-27-22-9-3-2-8-21(19)22/h1-4,6,8-12,16-17,26-27H,5,7,13-15H2. The van der Waals surface area contributed by atoms with Crippen molar-refractivity contribution in [3.63, 3.8) is 0 Å². The Morgan fingerprint density at radius 1 is 1.07 bits per heavy atom.